The molecule has 0 aromatic heterocycles. The van der Waals surface area contributed by atoms with Gasteiger partial charge in [0, 0.05) is 0 Å². The number of unbranched alkanes of at least 4 members (excludes halogenated alkanes) is 1. The molecule has 1 N–H and O–H groups in total. The van der Waals surface area contributed by atoms with Gasteiger partial charge in [-0.05, 0) is 43.9 Å². The highest BCUT2D eigenvalue weighted by Gasteiger charge is 2.44. The van der Waals surface area contributed by atoms with Crippen LogP contribution in [0.25, 0.3) is 0 Å². The zero-order valence-electron chi connectivity index (χ0n) is 15.2. The predicted molar refractivity (Wildman–Crippen MR) is 93.6 cm³/mol. The maximum absolute atomic E-state index is 12.8. The topological polar surface area (TPSA) is 63.6 Å². The lowest BCUT2D eigenvalue weighted by Gasteiger charge is -2.37. The van der Waals surface area contributed by atoms with Gasteiger partial charge in [0.15, 0.2) is 0 Å². The van der Waals surface area contributed by atoms with E-state index in [2.05, 4.69) is 6.92 Å². The molecule has 2 rings (SSSR count). The molecule has 0 spiro atoms. The second-order valence-electron chi connectivity index (χ2n) is 7.71. The number of aliphatic carboxylic acids is 1. The normalized spacial score (nSPS) is 22.7. The van der Waals surface area contributed by atoms with Crippen molar-refractivity contribution >= 4 is 11.9 Å². The first kappa shape index (κ1) is 19.3. The number of hydrogen-bond donors (Lipinski definition) is 1. The van der Waals surface area contributed by atoms with Gasteiger partial charge in [-0.25, -0.2) is 0 Å². The molecule has 0 radical (unpaired) electrons. The Morgan fingerprint density at radius 1 is 0.917 bits per heavy atom. The minimum atomic E-state index is -0.787. The third kappa shape index (κ3) is 5.22. The maximum Gasteiger partial charge on any atom is 0.310 e. The summed E-state index contributed by atoms with van der Waals surface area (Å²) >= 11 is 0. The van der Waals surface area contributed by atoms with E-state index in [1.165, 1.54) is 12.8 Å². The molecule has 2 saturated carbocycles. The van der Waals surface area contributed by atoms with Crippen LogP contribution in [0.2, 0.25) is 0 Å². The summed E-state index contributed by atoms with van der Waals surface area (Å²) in [6, 6.07) is 0. The fraction of sp³-hybridized carbons (Fsp3) is 0.900. The third-order valence-corrected chi connectivity index (χ3v) is 6.00. The van der Waals surface area contributed by atoms with Gasteiger partial charge in [0.25, 0.3) is 0 Å². The Morgan fingerprint density at radius 3 is 1.88 bits per heavy atom. The predicted octanol–water partition coefficient (Wildman–Crippen LogP) is 4.81. The molecule has 0 aromatic rings. The van der Waals surface area contributed by atoms with Gasteiger partial charge in [-0.3, -0.25) is 9.59 Å². The Morgan fingerprint density at radius 2 is 1.42 bits per heavy atom. The number of carbonyl (C=O) groups excluding carboxylic acids is 1. The summed E-state index contributed by atoms with van der Waals surface area (Å²) in [5, 5.41) is 9.94. The van der Waals surface area contributed by atoms with Crippen LogP contribution in [0.5, 0.6) is 0 Å². The second-order valence-corrected chi connectivity index (χ2v) is 7.71. The first-order valence-corrected chi connectivity index (χ1v) is 10.0. The van der Waals surface area contributed by atoms with Gasteiger partial charge in [-0.2, -0.15) is 0 Å². The van der Waals surface area contributed by atoms with E-state index in [1.807, 2.05) is 0 Å². The van der Waals surface area contributed by atoms with E-state index < -0.39 is 17.8 Å². The Balaban J connectivity index is 2.16. The summed E-state index contributed by atoms with van der Waals surface area (Å²) in [5.74, 6) is -1.69. The standard InChI is InChI=1S/C20H34O4/c1-2-3-14-24-20(23)18(16-12-8-5-9-13-16)17(19(21)22)15-10-6-4-7-11-15/h15-18H,2-14H2,1H3,(H,21,22). The number of carboxylic acids is 1. The van der Waals surface area contributed by atoms with Crippen LogP contribution < -0.4 is 0 Å². The smallest absolute Gasteiger partial charge is 0.310 e. The number of hydrogen-bond acceptors (Lipinski definition) is 3. The molecule has 0 aliphatic heterocycles. The fourth-order valence-corrected chi connectivity index (χ4v) is 4.68. The van der Waals surface area contributed by atoms with Crippen molar-refractivity contribution < 1.29 is 19.4 Å². The van der Waals surface area contributed by atoms with Crippen molar-refractivity contribution in [3.8, 4) is 0 Å². The van der Waals surface area contributed by atoms with Gasteiger partial charge in [-0.1, -0.05) is 51.9 Å². The van der Waals surface area contributed by atoms with Gasteiger partial charge in [0.1, 0.15) is 0 Å². The Labute approximate surface area is 146 Å². The average molecular weight is 338 g/mol. The van der Waals surface area contributed by atoms with E-state index in [-0.39, 0.29) is 17.8 Å². The Hall–Kier alpha value is -1.06. The molecule has 138 valence electrons. The summed E-state index contributed by atoms with van der Waals surface area (Å²) in [6.45, 7) is 2.49. The van der Waals surface area contributed by atoms with Crippen LogP contribution in [0.1, 0.15) is 84.0 Å². The van der Waals surface area contributed by atoms with Gasteiger partial charge in [-0.15, -0.1) is 0 Å². The molecule has 24 heavy (non-hydrogen) atoms. The van der Waals surface area contributed by atoms with E-state index in [1.54, 1.807) is 0 Å². The SMILES string of the molecule is CCCCOC(=O)C(C1CCCCC1)C(C(=O)O)C1CCCCC1. The van der Waals surface area contributed by atoms with Gasteiger partial charge in [0.05, 0.1) is 18.4 Å². The van der Waals surface area contributed by atoms with Crippen molar-refractivity contribution in [2.45, 2.75) is 84.0 Å². The van der Waals surface area contributed by atoms with E-state index in [4.69, 9.17) is 4.74 Å². The van der Waals surface area contributed by atoms with Crippen LogP contribution in [0, 0.1) is 23.7 Å². The van der Waals surface area contributed by atoms with Gasteiger partial charge in [0.2, 0.25) is 0 Å². The Kier molecular flexibility index (Phi) is 8.07. The highest BCUT2D eigenvalue weighted by Crippen LogP contribution is 2.42. The molecule has 2 unspecified atom stereocenters. The van der Waals surface area contributed by atoms with Crippen LogP contribution in [0.4, 0.5) is 0 Å². The van der Waals surface area contributed by atoms with Crippen LogP contribution in [-0.4, -0.2) is 23.7 Å². The summed E-state index contributed by atoms with van der Waals surface area (Å²) in [7, 11) is 0. The molecule has 0 heterocycles. The largest absolute Gasteiger partial charge is 0.481 e. The zero-order chi connectivity index (χ0) is 17.4. The van der Waals surface area contributed by atoms with E-state index in [0.717, 1.165) is 64.2 Å². The number of carboxylic acid groups (broad SMARTS) is 1. The quantitative estimate of drug-likeness (QED) is 0.509. The summed E-state index contributed by atoms with van der Waals surface area (Å²) < 4.78 is 5.52. The van der Waals surface area contributed by atoms with Gasteiger partial charge < -0.3 is 9.84 Å². The molecular formula is C20H34O4. The average Bonchev–Trinajstić information content (AvgIpc) is 2.60. The molecule has 0 bridgehead atoms. The Bertz CT molecular complexity index is 394. The molecule has 0 amide bonds. The van der Waals surface area contributed by atoms with Crippen LogP contribution in [0.3, 0.4) is 0 Å². The first-order chi connectivity index (χ1) is 11.6. The molecule has 2 fully saturated rings. The molecule has 0 aromatic carbocycles. The van der Waals surface area contributed by atoms with Crippen molar-refractivity contribution in [1.82, 2.24) is 0 Å². The zero-order valence-corrected chi connectivity index (χ0v) is 15.2. The lowest BCUT2D eigenvalue weighted by molar-refractivity contribution is -0.164. The lowest BCUT2D eigenvalue weighted by atomic mass is 9.67. The lowest BCUT2D eigenvalue weighted by Crippen LogP contribution is -2.42. The molecule has 2 aliphatic rings. The van der Waals surface area contributed by atoms with Crippen molar-refractivity contribution in [2.24, 2.45) is 23.7 Å². The molecule has 0 saturated heterocycles. The van der Waals surface area contributed by atoms with E-state index in [9.17, 15) is 14.7 Å². The van der Waals surface area contributed by atoms with Gasteiger partial charge >= 0.3 is 11.9 Å². The van der Waals surface area contributed by atoms with Crippen molar-refractivity contribution in [3.05, 3.63) is 0 Å². The fourth-order valence-electron chi connectivity index (χ4n) is 4.68. The van der Waals surface area contributed by atoms with Crippen LogP contribution in [0.15, 0.2) is 0 Å². The molecular weight excluding hydrogens is 304 g/mol. The second kappa shape index (κ2) is 10.0. The molecule has 4 heteroatoms. The minimum absolute atomic E-state index is 0.141. The monoisotopic (exact) mass is 338 g/mol. The summed E-state index contributed by atoms with van der Waals surface area (Å²) in [4.78, 5) is 24.9. The third-order valence-electron chi connectivity index (χ3n) is 6.00. The molecule has 2 aliphatic carbocycles. The summed E-state index contributed by atoms with van der Waals surface area (Å²) in [6.07, 6.45) is 12.5. The van der Waals surface area contributed by atoms with E-state index in [0.29, 0.717) is 6.61 Å². The number of ether oxygens (including phenoxy) is 1. The molecule has 4 nitrogen and oxygen atoms in total. The van der Waals surface area contributed by atoms with E-state index >= 15 is 0 Å². The maximum atomic E-state index is 12.8. The number of esters is 1. The first-order valence-electron chi connectivity index (χ1n) is 10.0. The van der Waals surface area contributed by atoms with Crippen molar-refractivity contribution in [1.29, 1.82) is 0 Å². The minimum Gasteiger partial charge on any atom is -0.481 e. The number of rotatable bonds is 8. The highest BCUT2D eigenvalue weighted by atomic mass is 16.5. The highest BCUT2D eigenvalue weighted by molar-refractivity contribution is 5.81. The molecule has 2 atom stereocenters. The number of carbonyl (C=O) groups is 2. The van der Waals surface area contributed by atoms with Crippen molar-refractivity contribution in [3.63, 3.8) is 0 Å². The summed E-state index contributed by atoms with van der Waals surface area (Å²) in [5.41, 5.74) is 0. The van der Waals surface area contributed by atoms with Crippen LogP contribution >= 0.6 is 0 Å². The van der Waals surface area contributed by atoms with Crippen LogP contribution in [-0.2, 0) is 14.3 Å². The van der Waals surface area contributed by atoms with Crippen molar-refractivity contribution in [2.75, 3.05) is 6.61 Å².